The van der Waals surface area contributed by atoms with Gasteiger partial charge in [0.05, 0.1) is 16.7 Å². The fourth-order valence-electron chi connectivity index (χ4n) is 8.18. The maximum absolute atomic E-state index is 4.08. The van der Waals surface area contributed by atoms with E-state index in [1.807, 2.05) is 12.2 Å². The molecule has 2 heterocycles. The standard InChI is InChI=1S/C52H36N2S/c1-3-42-46-21-13-20-44(52(46)55-51(42)4-2)37-26-31-41(32-27-37)53(48-23-12-15-36-14-8-9-18-43(36)48)40-29-24-35(25-30-40)38-28-33-50-47(34-38)45-19-10-11-22-49(45)54(50)39-16-6-5-7-17-39/h3-34H,1-2H2. The van der Waals surface area contributed by atoms with Gasteiger partial charge in [-0.1, -0.05) is 147 Å². The first kappa shape index (κ1) is 32.7. The predicted molar refractivity (Wildman–Crippen MR) is 239 cm³/mol. The maximum atomic E-state index is 4.08. The lowest BCUT2D eigenvalue weighted by Gasteiger charge is -2.27. The van der Waals surface area contributed by atoms with Crippen molar-refractivity contribution in [3.8, 4) is 27.9 Å². The van der Waals surface area contributed by atoms with E-state index >= 15 is 0 Å². The maximum Gasteiger partial charge on any atom is 0.0541 e. The number of nitrogens with zero attached hydrogens (tertiary/aromatic N) is 2. The summed E-state index contributed by atoms with van der Waals surface area (Å²) in [5.74, 6) is 0. The molecule has 10 rings (SSSR count). The minimum atomic E-state index is 1.10. The van der Waals surface area contributed by atoms with Crippen LogP contribution in [0.1, 0.15) is 10.4 Å². The molecule has 0 saturated carbocycles. The number of benzene rings is 8. The smallest absolute Gasteiger partial charge is 0.0541 e. The van der Waals surface area contributed by atoms with E-state index in [4.69, 9.17) is 0 Å². The van der Waals surface area contributed by atoms with Crippen LogP contribution in [0.5, 0.6) is 0 Å². The van der Waals surface area contributed by atoms with Crippen molar-refractivity contribution in [2.24, 2.45) is 0 Å². The molecule has 0 unspecified atom stereocenters. The van der Waals surface area contributed by atoms with Crippen molar-refractivity contribution in [1.82, 2.24) is 4.57 Å². The SMILES string of the molecule is C=Cc1sc2c(-c3ccc(N(c4ccc(-c5ccc6c(c5)c5ccccc5n6-c5ccccc5)cc4)c4cccc5ccccc45)cc3)cccc2c1C=C. The molecule has 0 bridgehead atoms. The molecule has 0 fully saturated rings. The molecule has 3 heteroatoms. The zero-order valence-corrected chi connectivity index (χ0v) is 31.0. The van der Waals surface area contributed by atoms with Crippen LogP contribution in [0.4, 0.5) is 17.1 Å². The Labute approximate surface area is 324 Å². The molecule has 0 N–H and O–H groups in total. The topological polar surface area (TPSA) is 8.17 Å². The second-order valence-corrected chi connectivity index (χ2v) is 14.9. The van der Waals surface area contributed by atoms with Crippen molar-refractivity contribution in [3.63, 3.8) is 0 Å². The number of rotatable bonds is 8. The number of para-hydroxylation sites is 2. The van der Waals surface area contributed by atoms with Crippen LogP contribution in [0.25, 0.3) is 82.8 Å². The zero-order valence-electron chi connectivity index (χ0n) is 30.2. The van der Waals surface area contributed by atoms with Crippen LogP contribution in [0.3, 0.4) is 0 Å². The van der Waals surface area contributed by atoms with Crippen LogP contribution in [0.15, 0.2) is 195 Å². The minimum absolute atomic E-state index is 1.10. The van der Waals surface area contributed by atoms with Gasteiger partial charge >= 0.3 is 0 Å². The van der Waals surface area contributed by atoms with Gasteiger partial charge in [0.2, 0.25) is 0 Å². The molecule has 10 aromatic rings. The molecule has 8 aromatic carbocycles. The molecule has 2 nitrogen and oxygen atoms in total. The van der Waals surface area contributed by atoms with E-state index in [9.17, 15) is 0 Å². The Morgan fingerprint density at radius 3 is 1.85 bits per heavy atom. The summed E-state index contributed by atoms with van der Waals surface area (Å²) in [4.78, 5) is 3.53. The zero-order chi connectivity index (χ0) is 36.9. The van der Waals surface area contributed by atoms with Crippen molar-refractivity contribution in [2.75, 3.05) is 4.90 Å². The minimum Gasteiger partial charge on any atom is -0.310 e. The van der Waals surface area contributed by atoms with Crippen LogP contribution in [0.2, 0.25) is 0 Å². The van der Waals surface area contributed by atoms with Gasteiger partial charge in [0.1, 0.15) is 0 Å². The molecule has 0 aliphatic rings. The summed E-state index contributed by atoms with van der Waals surface area (Å²) in [6.07, 6.45) is 3.88. The average molecular weight is 721 g/mol. The van der Waals surface area contributed by atoms with Gasteiger partial charge in [0.25, 0.3) is 0 Å². The third-order valence-corrected chi connectivity index (χ3v) is 12.0. The van der Waals surface area contributed by atoms with Crippen LogP contribution < -0.4 is 4.90 Å². The summed E-state index contributed by atoms with van der Waals surface area (Å²) in [6.45, 7) is 8.14. The third kappa shape index (κ3) is 5.48. The highest BCUT2D eigenvalue weighted by Crippen LogP contribution is 2.43. The Kier molecular flexibility index (Phi) is 8.01. The van der Waals surface area contributed by atoms with E-state index in [0.29, 0.717) is 0 Å². The number of anilines is 3. The summed E-state index contributed by atoms with van der Waals surface area (Å²) in [6, 6.07) is 65.9. The highest BCUT2D eigenvalue weighted by molar-refractivity contribution is 7.20. The number of hydrogen-bond donors (Lipinski definition) is 0. The van der Waals surface area contributed by atoms with Crippen LogP contribution in [-0.2, 0) is 0 Å². The summed E-state index contributed by atoms with van der Waals surface area (Å²) >= 11 is 1.78. The Morgan fingerprint density at radius 1 is 0.473 bits per heavy atom. The Balaban J connectivity index is 1.07. The molecule has 260 valence electrons. The molecule has 0 aliphatic carbocycles. The first-order valence-corrected chi connectivity index (χ1v) is 19.4. The van der Waals surface area contributed by atoms with Gasteiger partial charge in [-0.05, 0) is 93.9 Å². The first-order chi connectivity index (χ1) is 27.2. The van der Waals surface area contributed by atoms with Crippen LogP contribution >= 0.6 is 11.3 Å². The largest absolute Gasteiger partial charge is 0.310 e. The molecule has 0 aliphatic heterocycles. The predicted octanol–water partition coefficient (Wildman–Crippen LogP) is 15.2. The normalized spacial score (nSPS) is 11.4. The van der Waals surface area contributed by atoms with Gasteiger partial charge in [-0.3, -0.25) is 0 Å². The molecular formula is C52H36N2S. The lowest BCUT2D eigenvalue weighted by atomic mass is 10.0. The summed E-state index contributed by atoms with van der Waals surface area (Å²) in [5.41, 5.74) is 12.8. The fraction of sp³-hybridized carbons (Fsp3) is 0. The number of fused-ring (bicyclic) bond motifs is 5. The monoisotopic (exact) mass is 720 g/mol. The highest BCUT2D eigenvalue weighted by atomic mass is 32.1. The summed E-state index contributed by atoms with van der Waals surface area (Å²) < 4.78 is 3.62. The van der Waals surface area contributed by atoms with Crippen molar-refractivity contribution in [2.45, 2.75) is 0 Å². The second kappa shape index (κ2) is 13.5. The van der Waals surface area contributed by atoms with E-state index in [2.05, 4.69) is 205 Å². The van der Waals surface area contributed by atoms with E-state index in [1.54, 1.807) is 11.3 Å². The average Bonchev–Trinajstić information content (AvgIpc) is 3.80. The molecule has 0 spiro atoms. The van der Waals surface area contributed by atoms with Gasteiger partial charge in [-0.25, -0.2) is 0 Å². The van der Waals surface area contributed by atoms with Gasteiger partial charge in [0, 0.05) is 48.2 Å². The molecular weight excluding hydrogens is 685 g/mol. The van der Waals surface area contributed by atoms with Crippen molar-refractivity contribution < 1.29 is 0 Å². The second-order valence-electron chi connectivity index (χ2n) is 13.8. The molecule has 0 amide bonds. The van der Waals surface area contributed by atoms with E-state index in [0.717, 1.165) is 27.5 Å². The van der Waals surface area contributed by atoms with E-state index in [-0.39, 0.29) is 0 Å². The highest BCUT2D eigenvalue weighted by Gasteiger charge is 2.18. The van der Waals surface area contributed by atoms with E-state index in [1.165, 1.54) is 70.6 Å². The molecule has 0 atom stereocenters. The molecule has 55 heavy (non-hydrogen) atoms. The van der Waals surface area contributed by atoms with Crippen molar-refractivity contribution in [3.05, 3.63) is 206 Å². The van der Waals surface area contributed by atoms with E-state index < -0.39 is 0 Å². The van der Waals surface area contributed by atoms with Gasteiger partial charge in [-0.15, -0.1) is 11.3 Å². The molecule has 0 saturated heterocycles. The Bertz CT molecular complexity index is 3050. The molecule has 0 radical (unpaired) electrons. The van der Waals surface area contributed by atoms with Gasteiger partial charge in [0.15, 0.2) is 0 Å². The Hall–Kier alpha value is -6.94. The van der Waals surface area contributed by atoms with Crippen molar-refractivity contribution >= 4 is 83.2 Å². The van der Waals surface area contributed by atoms with Crippen LogP contribution in [-0.4, -0.2) is 4.57 Å². The fourth-order valence-corrected chi connectivity index (χ4v) is 9.37. The first-order valence-electron chi connectivity index (χ1n) is 18.6. The van der Waals surface area contributed by atoms with Crippen molar-refractivity contribution in [1.29, 1.82) is 0 Å². The summed E-state index contributed by atoms with van der Waals surface area (Å²) in [7, 11) is 0. The third-order valence-electron chi connectivity index (χ3n) is 10.8. The number of thiophene rings is 1. The Morgan fingerprint density at radius 2 is 1.09 bits per heavy atom. The molecule has 2 aromatic heterocycles. The van der Waals surface area contributed by atoms with Gasteiger partial charge in [-0.2, -0.15) is 0 Å². The lowest BCUT2D eigenvalue weighted by molar-refractivity contribution is 1.18. The summed E-state index contributed by atoms with van der Waals surface area (Å²) in [5, 5.41) is 6.13. The van der Waals surface area contributed by atoms with Crippen LogP contribution in [0, 0.1) is 0 Å². The number of hydrogen-bond acceptors (Lipinski definition) is 2. The van der Waals surface area contributed by atoms with Gasteiger partial charge < -0.3 is 9.47 Å². The lowest BCUT2D eigenvalue weighted by Crippen LogP contribution is -2.10. The quantitative estimate of drug-likeness (QED) is 0.152. The number of aromatic nitrogens is 1.